The van der Waals surface area contributed by atoms with Crippen LogP contribution in [0, 0.1) is 43.0 Å². The van der Waals surface area contributed by atoms with E-state index in [1.54, 1.807) is 48.5 Å². The summed E-state index contributed by atoms with van der Waals surface area (Å²) in [5, 5.41) is 0. The van der Waals surface area contributed by atoms with E-state index in [4.69, 9.17) is 9.47 Å². The molecule has 0 radical (unpaired) electrons. The predicted octanol–water partition coefficient (Wildman–Crippen LogP) is 9.61. The third-order valence-corrected chi connectivity index (χ3v) is 6.73. The van der Waals surface area contributed by atoms with Crippen LogP contribution in [0.4, 0.5) is 30.7 Å². The lowest BCUT2D eigenvalue weighted by Gasteiger charge is -2.21. The van der Waals surface area contributed by atoms with Crippen LogP contribution in [0.3, 0.4) is 0 Å². The molecule has 41 heavy (non-hydrogen) atoms. The summed E-state index contributed by atoms with van der Waals surface area (Å²) in [5.74, 6) is -7.92. The Bertz CT molecular complexity index is 1370. The van der Waals surface area contributed by atoms with Gasteiger partial charge in [-0.25, -0.2) is 8.78 Å². The number of alkyl halides is 3. The van der Waals surface area contributed by atoms with E-state index in [1.165, 1.54) is 12.1 Å². The Kier molecular flexibility index (Phi) is 9.25. The van der Waals surface area contributed by atoms with E-state index in [2.05, 4.69) is 0 Å². The van der Waals surface area contributed by atoms with Crippen LogP contribution in [-0.2, 0) is 0 Å². The molecule has 4 aromatic rings. The maximum Gasteiger partial charge on any atom is 0.392 e. The van der Waals surface area contributed by atoms with E-state index in [0.29, 0.717) is 11.1 Å². The summed E-state index contributed by atoms with van der Waals surface area (Å²) in [7, 11) is 0. The van der Waals surface area contributed by atoms with Crippen molar-refractivity contribution in [3.8, 4) is 33.8 Å². The van der Waals surface area contributed by atoms with Crippen molar-refractivity contribution in [2.45, 2.75) is 32.9 Å². The summed E-state index contributed by atoms with van der Waals surface area (Å²) >= 11 is 0. The van der Waals surface area contributed by atoms with Gasteiger partial charge in [0.25, 0.3) is 0 Å². The monoisotopic (exact) mass is 576 g/mol. The zero-order chi connectivity index (χ0) is 29.7. The van der Waals surface area contributed by atoms with Gasteiger partial charge in [0.2, 0.25) is 11.6 Å². The molecule has 0 spiro atoms. The standard InChI is InChI=1S/C32H27F7O2/c1-19-3-7-21(8-4-19)24-11-13-26(30(35)28(24)33)40-17-15-23(32(37,38)39)16-18-41-27-14-12-25(29(34)31(27)36)22-9-5-20(2)6-10-22/h3-14,23H,15-18H2,1-2H3. The number of halogens is 7. The first kappa shape index (κ1) is 30.0. The second-order valence-corrected chi connectivity index (χ2v) is 9.72. The maximum atomic E-state index is 14.6. The minimum atomic E-state index is -4.66. The van der Waals surface area contributed by atoms with Gasteiger partial charge in [0.15, 0.2) is 23.1 Å². The van der Waals surface area contributed by atoms with Gasteiger partial charge in [-0.2, -0.15) is 22.0 Å². The van der Waals surface area contributed by atoms with Crippen LogP contribution in [0.25, 0.3) is 22.3 Å². The lowest BCUT2D eigenvalue weighted by Crippen LogP contribution is -2.27. The smallest absolute Gasteiger partial charge is 0.392 e. The van der Waals surface area contributed by atoms with Crippen molar-refractivity contribution in [3.63, 3.8) is 0 Å². The fourth-order valence-electron chi connectivity index (χ4n) is 4.29. The van der Waals surface area contributed by atoms with Gasteiger partial charge >= 0.3 is 6.18 Å². The number of aryl methyl sites for hydroxylation is 2. The Balaban J connectivity index is 1.36. The minimum Gasteiger partial charge on any atom is -0.490 e. The molecule has 0 unspecified atom stereocenters. The van der Waals surface area contributed by atoms with Crippen LogP contribution >= 0.6 is 0 Å². The fourth-order valence-corrected chi connectivity index (χ4v) is 4.29. The van der Waals surface area contributed by atoms with Crippen molar-refractivity contribution in [3.05, 3.63) is 107 Å². The Morgan fingerprint density at radius 2 is 0.902 bits per heavy atom. The molecular weight excluding hydrogens is 549 g/mol. The van der Waals surface area contributed by atoms with Crippen LogP contribution in [0.1, 0.15) is 24.0 Å². The minimum absolute atomic E-state index is 0.00395. The number of benzene rings is 4. The summed E-state index contributed by atoms with van der Waals surface area (Å²) in [6.07, 6.45) is -5.83. The molecular formula is C32H27F7O2. The van der Waals surface area contributed by atoms with Crippen molar-refractivity contribution in [1.82, 2.24) is 0 Å². The van der Waals surface area contributed by atoms with Crippen molar-refractivity contribution >= 4 is 0 Å². The number of ether oxygens (including phenoxy) is 2. The average molecular weight is 577 g/mol. The summed E-state index contributed by atoms with van der Waals surface area (Å²) in [6, 6.07) is 18.4. The topological polar surface area (TPSA) is 18.5 Å². The Hall–Kier alpha value is -4.01. The Labute approximate surface area is 233 Å². The SMILES string of the molecule is Cc1ccc(-c2ccc(OCCC(CCOc3ccc(-c4ccc(C)cc4)c(F)c3F)C(F)(F)F)c(F)c2F)cc1. The first-order valence-corrected chi connectivity index (χ1v) is 12.9. The van der Waals surface area contributed by atoms with Crippen LogP contribution in [0.5, 0.6) is 11.5 Å². The number of hydrogen-bond donors (Lipinski definition) is 0. The van der Waals surface area contributed by atoms with Crippen LogP contribution in [0.15, 0.2) is 72.8 Å². The molecule has 0 aliphatic heterocycles. The zero-order valence-corrected chi connectivity index (χ0v) is 22.3. The number of rotatable bonds is 10. The lowest BCUT2D eigenvalue weighted by atomic mass is 10.0. The van der Waals surface area contributed by atoms with Crippen molar-refractivity contribution in [1.29, 1.82) is 0 Å². The third kappa shape index (κ3) is 7.20. The molecule has 0 aliphatic carbocycles. The van der Waals surface area contributed by atoms with Gasteiger partial charge in [0, 0.05) is 11.1 Å². The highest BCUT2D eigenvalue weighted by molar-refractivity contribution is 5.66. The van der Waals surface area contributed by atoms with E-state index < -0.39 is 72.9 Å². The van der Waals surface area contributed by atoms with Gasteiger partial charge < -0.3 is 9.47 Å². The molecule has 9 heteroatoms. The van der Waals surface area contributed by atoms with E-state index in [9.17, 15) is 30.7 Å². The molecule has 0 saturated carbocycles. The van der Waals surface area contributed by atoms with Gasteiger partial charge in [-0.15, -0.1) is 0 Å². The largest absolute Gasteiger partial charge is 0.490 e. The fraction of sp³-hybridized carbons (Fsp3) is 0.250. The molecule has 0 aromatic heterocycles. The van der Waals surface area contributed by atoms with Crippen molar-refractivity contribution in [2.24, 2.45) is 5.92 Å². The van der Waals surface area contributed by atoms with Gasteiger partial charge in [0.1, 0.15) is 0 Å². The van der Waals surface area contributed by atoms with Gasteiger partial charge in [0.05, 0.1) is 19.1 Å². The van der Waals surface area contributed by atoms with E-state index in [0.717, 1.165) is 23.3 Å². The first-order valence-electron chi connectivity index (χ1n) is 12.9. The lowest BCUT2D eigenvalue weighted by molar-refractivity contribution is -0.181. The first-order chi connectivity index (χ1) is 19.5. The highest BCUT2D eigenvalue weighted by Crippen LogP contribution is 2.35. The summed E-state index contributed by atoms with van der Waals surface area (Å²) < 4.78 is 110. The maximum absolute atomic E-state index is 14.6. The van der Waals surface area contributed by atoms with E-state index in [1.807, 2.05) is 13.8 Å². The summed E-state index contributed by atoms with van der Waals surface area (Å²) in [4.78, 5) is 0. The highest BCUT2D eigenvalue weighted by atomic mass is 19.4. The molecule has 0 aliphatic rings. The molecule has 0 atom stereocenters. The molecule has 216 valence electrons. The molecule has 0 heterocycles. The molecule has 0 saturated heterocycles. The van der Waals surface area contributed by atoms with E-state index >= 15 is 0 Å². The van der Waals surface area contributed by atoms with Crippen LogP contribution < -0.4 is 9.47 Å². The van der Waals surface area contributed by atoms with Gasteiger partial charge in [-0.1, -0.05) is 59.7 Å². The quantitative estimate of drug-likeness (QED) is 0.175. The molecule has 0 bridgehead atoms. The van der Waals surface area contributed by atoms with Crippen LogP contribution in [-0.4, -0.2) is 19.4 Å². The molecule has 4 aromatic carbocycles. The van der Waals surface area contributed by atoms with Crippen molar-refractivity contribution < 1.29 is 40.2 Å². The highest BCUT2D eigenvalue weighted by Gasteiger charge is 2.39. The van der Waals surface area contributed by atoms with E-state index in [-0.39, 0.29) is 11.1 Å². The summed E-state index contributed by atoms with van der Waals surface area (Å²) in [5.41, 5.74) is 2.75. The van der Waals surface area contributed by atoms with Crippen molar-refractivity contribution in [2.75, 3.05) is 13.2 Å². The Morgan fingerprint density at radius 3 is 1.24 bits per heavy atom. The molecule has 0 fully saturated rings. The zero-order valence-electron chi connectivity index (χ0n) is 22.3. The normalized spacial score (nSPS) is 11.7. The second kappa shape index (κ2) is 12.7. The Morgan fingerprint density at radius 1 is 0.537 bits per heavy atom. The number of hydrogen-bond acceptors (Lipinski definition) is 2. The predicted molar refractivity (Wildman–Crippen MR) is 143 cm³/mol. The third-order valence-electron chi connectivity index (χ3n) is 6.73. The molecule has 2 nitrogen and oxygen atoms in total. The van der Waals surface area contributed by atoms with Gasteiger partial charge in [-0.3, -0.25) is 0 Å². The van der Waals surface area contributed by atoms with Crippen LogP contribution in [0.2, 0.25) is 0 Å². The average Bonchev–Trinajstić information content (AvgIpc) is 2.93. The molecule has 4 rings (SSSR count). The molecule has 0 N–H and O–H groups in total. The van der Waals surface area contributed by atoms with Gasteiger partial charge in [-0.05, 0) is 62.1 Å². The molecule has 0 amide bonds. The summed E-state index contributed by atoms with van der Waals surface area (Å²) in [6.45, 7) is 2.58. The second-order valence-electron chi connectivity index (χ2n) is 9.72.